The minimum Gasteiger partial charge on any atom is -0.354 e. The lowest BCUT2D eigenvalue weighted by molar-refractivity contribution is -0.122. The van der Waals surface area contributed by atoms with Gasteiger partial charge in [0.2, 0.25) is 5.91 Å². The van der Waals surface area contributed by atoms with E-state index in [4.69, 9.17) is 0 Å². The van der Waals surface area contributed by atoms with Crippen LogP contribution in [-0.4, -0.2) is 23.5 Å². The number of nitrogens with one attached hydrogen (secondary N) is 3. The maximum Gasteiger partial charge on any atom is 0.238 e. The summed E-state index contributed by atoms with van der Waals surface area (Å²) >= 11 is 0. The maximum atomic E-state index is 12.4. The lowest BCUT2D eigenvalue weighted by Gasteiger charge is -2.13. The minimum atomic E-state index is -0.234. The van der Waals surface area contributed by atoms with Crippen molar-refractivity contribution >= 4 is 16.7 Å². The van der Waals surface area contributed by atoms with Crippen molar-refractivity contribution in [1.82, 2.24) is 21.2 Å². The summed E-state index contributed by atoms with van der Waals surface area (Å²) in [4.78, 5) is 16.7. The predicted molar refractivity (Wildman–Crippen MR) is 102 cm³/mol. The fraction of sp³-hybridized carbons (Fsp3) is 0.238. The van der Waals surface area contributed by atoms with Gasteiger partial charge in [0.15, 0.2) is 0 Å². The number of fused-ring (bicyclic) bond motifs is 1. The van der Waals surface area contributed by atoms with E-state index in [1.54, 1.807) is 6.20 Å². The second-order valence-electron chi connectivity index (χ2n) is 6.56. The van der Waals surface area contributed by atoms with Crippen molar-refractivity contribution in [3.63, 3.8) is 0 Å². The van der Waals surface area contributed by atoms with E-state index in [-0.39, 0.29) is 18.0 Å². The highest BCUT2D eigenvalue weighted by atomic mass is 16.2. The molecule has 1 amide bonds. The molecule has 5 heteroatoms. The van der Waals surface area contributed by atoms with Crippen molar-refractivity contribution in [1.29, 1.82) is 0 Å². The quantitative estimate of drug-likeness (QED) is 0.664. The molecule has 1 aliphatic heterocycles. The van der Waals surface area contributed by atoms with Crippen LogP contribution in [-0.2, 0) is 11.2 Å². The Morgan fingerprint density at radius 1 is 1.04 bits per heavy atom. The molecule has 0 saturated carbocycles. The van der Waals surface area contributed by atoms with Crippen LogP contribution < -0.4 is 16.2 Å². The molecular formula is C21H22N4O. The van der Waals surface area contributed by atoms with Crippen LogP contribution in [0.1, 0.15) is 23.7 Å². The number of hydrogen-bond donors (Lipinski definition) is 3. The van der Waals surface area contributed by atoms with Crippen molar-refractivity contribution in [2.75, 3.05) is 6.54 Å². The molecule has 0 aliphatic carbocycles. The third-order valence-electron chi connectivity index (χ3n) is 4.82. The Hall–Kier alpha value is -2.76. The molecule has 2 atom stereocenters. The molecule has 2 unspecified atom stereocenters. The first-order valence-electron chi connectivity index (χ1n) is 8.97. The lowest BCUT2D eigenvalue weighted by atomic mass is 9.96. The van der Waals surface area contributed by atoms with Crippen LogP contribution in [0.4, 0.5) is 0 Å². The van der Waals surface area contributed by atoms with Crippen molar-refractivity contribution in [3.8, 4) is 0 Å². The molecule has 0 bridgehead atoms. The zero-order chi connectivity index (χ0) is 17.8. The number of aromatic nitrogens is 1. The SMILES string of the molecule is O=C(NCCc1ccccn1)C1CC(c2cccc3ccccc23)NN1. The average Bonchev–Trinajstić information content (AvgIpc) is 3.18. The van der Waals surface area contributed by atoms with E-state index in [0.717, 1.165) is 18.5 Å². The van der Waals surface area contributed by atoms with Gasteiger partial charge in [-0.2, -0.15) is 0 Å². The maximum absolute atomic E-state index is 12.4. The van der Waals surface area contributed by atoms with Gasteiger partial charge in [-0.1, -0.05) is 48.5 Å². The summed E-state index contributed by atoms with van der Waals surface area (Å²) in [5, 5.41) is 5.45. The van der Waals surface area contributed by atoms with E-state index >= 15 is 0 Å². The van der Waals surface area contributed by atoms with E-state index < -0.39 is 0 Å². The van der Waals surface area contributed by atoms with E-state index in [2.05, 4.69) is 57.6 Å². The largest absolute Gasteiger partial charge is 0.354 e. The lowest BCUT2D eigenvalue weighted by Crippen LogP contribution is -2.43. The summed E-state index contributed by atoms with van der Waals surface area (Å²) in [5.74, 6) is 0.0242. The van der Waals surface area contributed by atoms with Crippen LogP contribution in [0, 0.1) is 0 Å². The molecule has 0 radical (unpaired) electrons. The summed E-state index contributed by atoms with van der Waals surface area (Å²) in [6, 6.07) is 20.4. The van der Waals surface area contributed by atoms with Crippen LogP contribution in [0.25, 0.3) is 10.8 Å². The number of carbonyl (C=O) groups excluding carboxylic acids is 1. The monoisotopic (exact) mass is 346 g/mol. The molecule has 1 aliphatic rings. The Morgan fingerprint density at radius 2 is 1.88 bits per heavy atom. The van der Waals surface area contributed by atoms with Gasteiger partial charge in [-0.05, 0) is 34.9 Å². The van der Waals surface area contributed by atoms with Gasteiger partial charge in [0.25, 0.3) is 0 Å². The highest BCUT2D eigenvalue weighted by molar-refractivity contribution is 5.86. The Labute approximate surface area is 152 Å². The van der Waals surface area contributed by atoms with Crippen molar-refractivity contribution in [2.45, 2.75) is 24.9 Å². The van der Waals surface area contributed by atoms with Gasteiger partial charge < -0.3 is 5.32 Å². The van der Waals surface area contributed by atoms with Gasteiger partial charge in [-0.3, -0.25) is 9.78 Å². The van der Waals surface area contributed by atoms with Gasteiger partial charge in [0.05, 0.1) is 0 Å². The molecular weight excluding hydrogens is 324 g/mol. The van der Waals surface area contributed by atoms with Crippen molar-refractivity contribution < 1.29 is 4.79 Å². The average molecular weight is 346 g/mol. The zero-order valence-electron chi connectivity index (χ0n) is 14.5. The summed E-state index contributed by atoms with van der Waals surface area (Å²) < 4.78 is 0. The second kappa shape index (κ2) is 7.64. The Kier molecular flexibility index (Phi) is 4.91. The fourth-order valence-corrected chi connectivity index (χ4v) is 3.47. The molecule has 2 aromatic carbocycles. The number of hydrazine groups is 1. The summed E-state index contributed by atoms with van der Waals surface area (Å²) in [7, 11) is 0. The van der Waals surface area contributed by atoms with Gasteiger partial charge in [-0.25, -0.2) is 10.9 Å². The third kappa shape index (κ3) is 3.59. The fourth-order valence-electron chi connectivity index (χ4n) is 3.47. The number of amides is 1. The molecule has 2 heterocycles. The number of nitrogens with zero attached hydrogens (tertiary/aromatic N) is 1. The van der Waals surface area contributed by atoms with E-state index in [0.29, 0.717) is 6.54 Å². The predicted octanol–water partition coefficient (Wildman–Crippen LogP) is 2.50. The standard InChI is InChI=1S/C21H22N4O/c26-21(23-13-11-16-8-3-4-12-22-16)20-14-19(24-25-20)18-10-5-7-15-6-1-2-9-17(15)18/h1-10,12,19-20,24-25H,11,13-14H2,(H,23,26). The molecule has 0 spiro atoms. The molecule has 3 aromatic rings. The molecule has 26 heavy (non-hydrogen) atoms. The zero-order valence-corrected chi connectivity index (χ0v) is 14.5. The van der Waals surface area contributed by atoms with Crippen LogP contribution in [0.3, 0.4) is 0 Å². The second-order valence-corrected chi connectivity index (χ2v) is 6.56. The molecule has 1 aromatic heterocycles. The summed E-state index contributed by atoms with van der Waals surface area (Å²) in [6.45, 7) is 0.590. The van der Waals surface area contributed by atoms with Crippen LogP contribution in [0.15, 0.2) is 66.9 Å². The Bertz CT molecular complexity index is 891. The minimum absolute atomic E-state index is 0.0242. The van der Waals surface area contributed by atoms with Gasteiger partial charge in [0.1, 0.15) is 6.04 Å². The Morgan fingerprint density at radius 3 is 2.77 bits per heavy atom. The highest BCUT2D eigenvalue weighted by Gasteiger charge is 2.30. The normalized spacial score (nSPS) is 19.5. The van der Waals surface area contributed by atoms with Gasteiger partial charge >= 0.3 is 0 Å². The summed E-state index contributed by atoms with van der Waals surface area (Å²) in [5.41, 5.74) is 8.63. The number of pyridine rings is 1. The molecule has 4 rings (SSSR count). The topological polar surface area (TPSA) is 66.0 Å². The van der Waals surface area contributed by atoms with Crippen LogP contribution in [0.2, 0.25) is 0 Å². The molecule has 1 fully saturated rings. The third-order valence-corrected chi connectivity index (χ3v) is 4.82. The van der Waals surface area contributed by atoms with Crippen molar-refractivity contribution in [2.24, 2.45) is 0 Å². The number of benzene rings is 2. The first-order valence-corrected chi connectivity index (χ1v) is 8.97. The van der Waals surface area contributed by atoms with E-state index in [1.165, 1.54) is 16.3 Å². The smallest absolute Gasteiger partial charge is 0.238 e. The number of hydrogen-bond acceptors (Lipinski definition) is 4. The molecule has 5 nitrogen and oxygen atoms in total. The molecule has 3 N–H and O–H groups in total. The van der Waals surface area contributed by atoms with Gasteiger partial charge in [0, 0.05) is 30.9 Å². The van der Waals surface area contributed by atoms with E-state index in [1.807, 2.05) is 24.3 Å². The van der Waals surface area contributed by atoms with Crippen molar-refractivity contribution in [3.05, 3.63) is 78.1 Å². The number of rotatable bonds is 5. The number of carbonyl (C=O) groups is 1. The summed E-state index contributed by atoms with van der Waals surface area (Å²) in [6.07, 6.45) is 3.23. The van der Waals surface area contributed by atoms with Gasteiger partial charge in [-0.15, -0.1) is 0 Å². The Balaban J connectivity index is 1.36. The van der Waals surface area contributed by atoms with Crippen LogP contribution in [0.5, 0.6) is 0 Å². The first kappa shape index (κ1) is 16.7. The molecule has 1 saturated heterocycles. The first-order chi connectivity index (χ1) is 12.8. The highest BCUT2D eigenvalue weighted by Crippen LogP contribution is 2.29. The van der Waals surface area contributed by atoms with E-state index in [9.17, 15) is 4.79 Å². The van der Waals surface area contributed by atoms with Crippen LogP contribution >= 0.6 is 0 Å². The molecule has 132 valence electrons.